The first kappa shape index (κ1) is 22.3. The van der Waals surface area contributed by atoms with Crippen molar-refractivity contribution >= 4 is 29.9 Å². The first-order chi connectivity index (χ1) is 11.9. The molecule has 8 heteroatoms. The summed E-state index contributed by atoms with van der Waals surface area (Å²) in [5, 5.41) is 10.3. The van der Waals surface area contributed by atoms with Gasteiger partial charge in [-0.3, -0.25) is 0 Å². The molecular formula is C18H25F2IN4O. The van der Waals surface area contributed by atoms with E-state index in [1.54, 1.807) is 6.07 Å². The maximum absolute atomic E-state index is 13.4. The summed E-state index contributed by atoms with van der Waals surface area (Å²) in [7, 11) is 0. The summed E-state index contributed by atoms with van der Waals surface area (Å²) in [6, 6.07) is 5.49. The fraction of sp³-hybridized carbons (Fsp3) is 0.444. The van der Waals surface area contributed by atoms with Crippen LogP contribution in [0.3, 0.4) is 0 Å². The van der Waals surface area contributed by atoms with Crippen LogP contribution >= 0.6 is 24.0 Å². The van der Waals surface area contributed by atoms with E-state index in [-0.39, 0.29) is 30.0 Å². The van der Waals surface area contributed by atoms with Gasteiger partial charge in [0, 0.05) is 12.6 Å². The summed E-state index contributed by atoms with van der Waals surface area (Å²) in [6.45, 7) is 8.89. The first-order valence-electron chi connectivity index (χ1n) is 8.36. The highest BCUT2D eigenvalue weighted by Crippen LogP contribution is 2.16. The second kappa shape index (κ2) is 10.4. The zero-order chi connectivity index (χ0) is 18.4. The summed E-state index contributed by atoms with van der Waals surface area (Å²) in [6.07, 6.45) is 0. The molecule has 0 aliphatic heterocycles. The molecule has 1 atom stereocenters. The van der Waals surface area contributed by atoms with E-state index in [0.717, 1.165) is 11.8 Å². The highest BCUT2D eigenvalue weighted by atomic mass is 127. The number of halogens is 3. The van der Waals surface area contributed by atoms with Crippen molar-refractivity contribution in [1.29, 1.82) is 0 Å². The number of nitrogens with one attached hydrogen (secondary N) is 2. The lowest BCUT2D eigenvalue weighted by Gasteiger charge is -2.18. The van der Waals surface area contributed by atoms with Crippen molar-refractivity contribution in [3.8, 4) is 0 Å². The molecule has 0 saturated heterocycles. The molecule has 0 bridgehead atoms. The van der Waals surface area contributed by atoms with Gasteiger partial charge >= 0.3 is 0 Å². The second-order valence-corrected chi connectivity index (χ2v) is 6.11. The number of nitrogens with zero attached hydrogens (tertiary/aromatic N) is 2. The molecule has 0 aliphatic carbocycles. The van der Waals surface area contributed by atoms with Crippen LogP contribution in [0, 0.1) is 11.6 Å². The fourth-order valence-electron chi connectivity index (χ4n) is 2.22. The molecule has 2 N–H and O–H groups in total. The lowest BCUT2D eigenvalue weighted by atomic mass is 10.1. The number of guanidine groups is 1. The van der Waals surface area contributed by atoms with Crippen molar-refractivity contribution in [3.05, 3.63) is 52.9 Å². The van der Waals surface area contributed by atoms with Crippen LogP contribution in [0.1, 0.15) is 56.7 Å². The van der Waals surface area contributed by atoms with Crippen molar-refractivity contribution in [1.82, 2.24) is 15.8 Å². The predicted molar refractivity (Wildman–Crippen MR) is 109 cm³/mol. The smallest absolute Gasteiger partial charge is 0.192 e. The first-order valence-corrected chi connectivity index (χ1v) is 8.36. The summed E-state index contributed by atoms with van der Waals surface area (Å²) in [5.41, 5.74) is 1.52. The van der Waals surface area contributed by atoms with Crippen molar-refractivity contribution in [2.45, 2.75) is 46.2 Å². The summed E-state index contributed by atoms with van der Waals surface area (Å²) < 4.78 is 31.7. The van der Waals surface area contributed by atoms with Crippen molar-refractivity contribution in [2.24, 2.45) is 4.99 Å². The van der Waals surface area contributed by atoms with Crippen LogP contribution in [-0.2, 0) is 6.54 Å². The molecular weight excluding hydrogens is 453 g/mol. The Morgan fingerprint density at radius 1 is 1.19 bits per heavy atom. The molecule has 1 unspecified atom stereocenters. The van der Waals surface area contributed by atoms with Crippen molar-refractivity contribution < 1.29 is 13.3 Å². The van der Waals surface area contributed by atoms with Crippen LogP contribution < -0.4 is 10.6 Å². The number of benzene rings is 1. The third-order valence-corrected chi connectivity index (χ3v) is 3.70. The number of aliphatic imine (C=N–C) groups is 1. The molecule has 0 amide bonds. The van der Waals surface area contributed by atoms with Crippen molar-refractivity contribution in [2.75, 3.05) is 6.54 Å². The Bertz CT molecular complexity index is 734. The molecule has 1 aromatic heterocycles. The Morgan fingerprint density at radius 2 is 1.92 bits per heavy atom. The van der Waals surface area contributed by atoms with Gasteiger partial charge in [-0.2, -0.15) is 0 Å². The average Bonchev–Trinajstić information content (AvgIpc) is 3.04. The van der Waals surface area contributed by atoms with Gasteiger partial charge in [-0.25, -0.2) is 13.8 Å². The van der Waals surface area contributed by atoms with Crippen LogP contribution in [0.2, 0.25) is 0 Å². The molecule has 0 radical (unpaired) electrons. The summed E-state index contributed by atoms with van der Waals surface area (Å²) >= 11 is 0. The van der Waals surface area contributed by atoms with Gasteiger partial charge < -0.3 is 15.2 Å². The van der Waals surface area contributed by atoms with Gasteiger partial charge in [0.25, 0.3) is 0 Å². The lowest BCUT2D eigenvalue weighted by Crippen LogP contribution is -2.38. The van der Waals surface area contributed by atoms with Crippen molar-refractivity contribution in [3.63, 3.8) is 0 Å². The van der Waals surface area contributed by atoms with Crippen LogP contribution in [0.15, 0.2) is 33.8 Å². The van der Waals surface area contributed by atoms with Crippen LogP contribution in [0.25, 0.3) is 0 Å². The number of aromatic nitrogens is 1. The Balaban J connectivity index is 0.00000338. The maximum atomic E-state index is 13.4. The second-order valence-electron chi connectivity index (χ2n) is 6.11. The van der Waals surface area contributed by atoms with E-state index >= 15 is 0 Å². The van der Waals surface area contributed by atoms with Gasteiger partial charge in [-0.1, -0.05) is 25.1 Å². The zero-order valence-electron chi connectivity index (χ0n) is 15.3. The zero-order valence-corrected chi connectivity index (χ0v) is 17.7. The third-order valence-electron chi connectivity index (χ3n) is 3.70. The molecule has 0 saturated carbocycles. The predicted octanol–water partition coefficient (Wildman–Crippen LogP) is 4.51. The Kier molecular flexibility index (Phi) is 8.97. The standard InChI is InChI=1S/C18H24F2N4O.HI/c1-5-21-18(22-10-14-9-17(11(2)3)24-25-14)23-12(4)13-6-7-15(19)16(20)8-13;/h6-9,11-12H,5,10H2,1-4H3,(H2,21,22,23);1H. The highest BCUT2D eigenvalue weighted by molar-refractivity contribution is 14.0. The largest absolute Gasteiger partial charge is 0.359 e. The van der Waals surface area contributed by atoms with E-state index in [1.807, 2.05) is 33.8 Å². The van der Waals surface area contributed by atoms with Gasteiger partial charge in [0.1, 0.15) is 6.54 Å². The molecule has 5 nitrogen and oxygen atoms in total. The Morgan fingerprint density at radius 3 is 2.50 bits per heavy atom. The van der Waals surface area contributed by atoms with E-state index in [4.69, 9.17) is 4.52 Å². The van der Waals surface area contributed by atoms with Gasteiger partial charge in [-0.05, 0) is 37.5 Å². The SMILES string of the molecule is CCNC(=NCc1cc(C(C)C)no1)NC(C)c1ccc(F)c(F)c1.I. The molecule has 26 heavy (non-hydrogen) atoms. The molecule has 1 heterocycles. The maximum Gasteiger partial charge on any atom is 0.192 e. The number of hydrogen-bond acceptors (Lipinski definition) is 3. The van der Waals surface area contributed by atoms with Gasteiger partial charge in [0.05, 0.1) is 11.7 Å². The quantitative estimate of drug-likeness (QED) is 0.365. The van der Waals surface area contributed by atoms with Crippen LogP contribution in [0.5, 0.6) is 0 Å². The Hall–Kier alpha value is -1.71. The Labute approximate surface area is 169 Å². The number of hydrogen-bond donors (Lipinski definition) is 2. The lowest BCUT2D eigenvalue weighted by molar-refractivity contribution is 0.376. The van der Waals surface area contributed by atoms with Gasteiger partial charge in [-0.15, -0.1) is 24.0 Å². The average molecular weight is 478 g/mol. The van der Waals surface area contributed by atoms with Gasteiger partial charge in [0.2, 0.25) is 0 Å². The molecule has 0 fully saturated rings. The fourth-order valence-corrected chi connectivity index (χ4v) is 2.22. The third kappa shape index (κ3) is 6.22. The molecule has 0 aliphatic rings. The van der Waals surface area contributed by atoms with Crippen LogP contribution in [0.4, 0.5) is 8.78 Å². The minimum atomic E-state index is -0.865. The molecule has 2 rings (SSSR count). The van der Waals surface area contributed by atoms with E-state index in [9.17, 15) is 8.78 Å². The topological polar surface area (TPSA) is 62.5 Å². The van der Waals surface area contributed by atoms with E-state index < -0.39 is 11.6 Å². The number of rotatable bonds is 6. The molecule has 1 aromatic carbocycles. The minimum Gasteiger partial charge on any atom is -0.359 e. The summed E-state index contributed by atoms with van der Waals surface area (Å²) in [4.78, 5) is 4.45. The van der Waals surface area contributed by atoms with Gasteiger partial charge in [0.15, 0.2) is 23.4 Å². The van der Waals surface area contributed by atoms with E-state index in [2.05, 4.69) is 20.8 Å². The molecule has 2 aromatic rings. The highest BCUT2D eigenvalue weighted by Gasteiger charge is 2.12. The molecule has 144 valence electrons. The summed E-state index contributed by atoms with van der Waals surface area (Å²) in [5.74, 6) is -0.205. The monoisotopic (exact) mass is 478 g/mol. The minimum absolute atomic E-state index is 0. The van der Waals surface area contributed by atoms with E-state index in [1.165, 1.54) is 6.07 Å². The van der Waals surface area contributed by atoms with Crippen LogP contribution in [-0.4, -0.2) is 17.7 Å². The molecule has 0 spiro atoms. The van der Waals surface area contributed by atoms with E-state index in [0.29, 0.717) is 36.3 Å². The normalized spacial score (nSPS) is 12.7.